The molecule has 0 nitrogen and oxygen atoms in total. The molecule has 2 aliphatic rings. The predicted molar refractivity (Wildman–Crippen MR) is 320 cm³/mol. The van der Waals surface area contributed by atoms with Gasteiger partial charge in [-0.3, -0.25) is 0 Å². The third kappa shape index (κ3) is 7.95. The van der Waals surface area contributed by atoms with Crippen LogP contribution >= 0.6 is 24.8 Å². The Hall–Kier alpha value is -5.60. The van der Waals surface area contributed by atoms with Gasteiger partial charge in [0, 0.05) is 0 Å². The summed E-state index contributed by atoms with van der Waals surface area (Å²) >= 11 is -4.55. The molecule has 0 N–H and O–H groups in total. The van der Waals surface area contributed by atoms with Gasteiger partial charge in [0.1, 0.15) is 0 Å². The molecular formula is C68H64Cl2SiZr. The molecule has 2 aliphatic carbocycles. The number of fused-ring (bicyclic) bond motifs is 6. The molecule has 2 atom stereocenters. The van der Waals surface area contributed by atoms with E-state index in [2.05, 4.69) is 264 Å². The van der Waals surface area contributed by atoms with E-state index in [1.54, 1.807) is 11.1 Å². The summed E-state index contributed by atoms with van der Waals surface area (Å²) in [4.78, 5) is 0. The molecule has 10 aromatic rings. The van der Waals surface area contributed by atoms with Crippen molar-refractivity contribution in [3.8, 4) is 44.5 Å². The van der Waals surface area contributed by atoms with Gasteiger partial charge in [0.2, 0.25) is 0 Å². The van der Waals surface area contributed by atoms with Gasteiger partial charge in [0.05, 0.1) is 0 Å². The fourth-order valence-electron chi connectivity index (χ4n) is 13.2. The average Bonchev–Trinajstić information content (AvgIpc) is 4.00. The standard InChI is InChI=1S/2C33H27.2CH3.2ClH.H2Si.Zr/c2*1-33(2,3)24-20-31-29(27-16-8-12-22-10-4-6-14-25(22)27)18-19-30(32(31)21-24)28-17-9-13-23-11-5-7-15-26(23)28;;;;;;/h2*4-21H,1-3H3;2*1H3;2*1H;1H2;. The zero-order valence-electron chi connectivity index (χ0n) is 42.8. The fourth-order valence-corrected chi connectivity index (χ4v) is 32.8. The number of allylic oxidation sites excluding steroid dienone is 2. The van der Waals surface area contributed by atoms with Crippen LogP contribution in [0.5, 0.6) is 0 Å². The molecule has 0 radical (unpaired) electrons. The van der Waals surface area contributed by atoms with Gasteiger partial charge in [0.15, 0.2) is 0 Å². The van der Waals surface area contributed by atoms with Crippen LogP contribution < -0.4 is 0 Å². The zero-order valence-corrected chi connectivity index (χ0v) is 48.3. The van der Waals surface area contributed by atoms with E-state index in [0.29, 0.717) is 0 Å². The Kier molecular flexibility index (Phi) is 12.6. The second kappa shape index (κ2) is 18.1. The van der Waals surface area contributed by atoms with E-state index in [0.717, 1.165) is 0 Å². The average molecular weight is 1070 g/mol. The van der Waals surface area contributed by atoms with Crippen molar-refractivity contribution in [2.75, 3.05) is 0 Å². The normalized spacial score (nSPS) is 15.7. The van der Waals surface area contributed by atoms with Crippen molar-refractivity contribution < 1.29 is 17.4 Å². The van der Waals surface area contributed by atoms with Crippen LogP contribution in [0.25, 0.3) is 99.7 Å². The van der Waals surface area contributed by atoms with E-state index in [1.165, 1.54) is 110 Å². The largest absolute Gasteiger partial charge is 0.147 e. The van der Waals surface area contributed by atoms with Crippen LogP contribution in [0.15, 0.2) is 205 Å². The summed E-state index contributed by atoms with van der Waals surface area (Å²) < 4.78 is 6.21. The maximum Gasteiger partial charge on any atom is -0.147 e. The molecule has 10 aromatic carbocycles. The van der Waals surface area contributed by atoms with E-state index in [-0.39, 0.29) is 42.9 Å². The van der Waals surface area contributed by atoms with Crippen molar-refractivity contribution in [3.05, 3.63) is 228 Å². The minimum absolute atomic E-state index is 0. The number of hydrogen-bond acceptors (Lipinski definition) is 0. The Morgan fingerprint density at radius 1 is 0.319 bits per heavy atom. The van der Waals surface area contributed by atoms with Crippen molar-refractivity contribution >= 4 is 86.9 Å². The van der Waals surface area contributed by atoms with Gasteiger partial charge in [-0.2, -0.15) is 0 Å². The molecule has 2 unspecified atom stereocenters. The van der Waals surface area contributed by atoms with E-state index in [4.69, 9.17) is 0 Å². The van der Waals surface area contributed by atoms with Gasteiger partial charge in [0.25, 0.3) is 0 Å². The van der Waals surface area contributed by atoms with Crippen LogP contribution in [0.3, 0.4) is 0 Å². The summed E-state index contributed by atoms with van der Waals surface area (Å²) in [6.45, 7) is 17.4. The molecule has 0 saturated carbocycles. The summed E-state index contributed by atoms with van der Waals surface area (Å²) in [7, 11) is 0. The molecule has 4 heteroatoms. The van der Waals surface area contributed by atoms with E-state index in [9.17, 15) is 0 Å². The molecular weight excluding hydrogens is 1010 g/mol. The summed E-state index contributed by atoms with van der Waals surface area (Å²) in [5.41, 5.74) is 19.6. The van der Waals surface area contributed by atoms with Gasteiger partial charge >= 0.3 is 420 Å². The predicted octanol–water partition coefficient (Wildman–Crippen LogP) is 19.8. The minimum atomic E-state index is -4.55. The van der Waals surface area contributed by atoms with Crippen LogP contribution in [0.1, 0.15) is 71.0 Å². The first-order chi connectivity index (χ1) is 33.6. The first kappa shape index (κ1) is 50.0. The maximum atomic E-state index is 2.87. The first-order valence-corrected chi connectivity index (χ1v) is 39.0. The van der Waals surface area contributed by atoms with Crippen LogP contribution in [0, 0.1) is 10.8 Å². The summed E-state index contributed by atoms with van der Waals surface area (Å²) in [5.74, 6) is 0. The molecule has 0 heterocycles. The van der Waals surface area contributed by atoms with Crippen molar-refractivity contribution in [1.82, 2.24) is 0 Å². The first-order valence-electron chi connectivity index (χ1n) is 25.3. The van der Waals surface area contributed by atoms with Crippen molar-refractivity contribution in [2.24, 2.45) is 10.8 Å². The minimum Gasteiger partial charge on any atom is -0.147 e. The van der Waals surface area contributed by atoms with E-state index < -0.39 is 17.4 Å². The Labute approximate surface area is 441 Å². The topological polar surface area (TPSA) is 0 Å². The Morgan fingerprint density at radius 3 is 0.861 bits per heavy atom. The molecule has 358 valence electrons. The molecule has 0 saturated heterocycles. The van der Waals surface area contributed by atoms with Crippen molar-refractivity contribution in [2.45, 2.75) is 58.1 Å². The Bertz CT molecular complexity index is 3690. The summed E-state index contributed by atoms with van der Waals surface area (Å²) in [6, 6.07) is 73.6. The van der Waals surface area contributed by atoms with Gasteiger partial charge in [-0.1, -0.05) is 0 Å². The fraction of sp³-hybridized carbons (Fsp3) is 0.176. The number of benzene rings is 10. The molecule has 0 bridgehead atoms. The maximum absolute atomic E-state index is 4.55. The van der Waals surface area contributed by atoms with Crippen LogP contribution in [-0.2, 0) is 17.4 Å². The smallest absolute Gasteiger partial charge is 0.147 e. The zero-order chi connectivity index (χ0) is 48.3. The Balaban J connectivity index is 0.00000298. The molecule has 0 aliphatic heterocycles. The SMILES string of the molecule is CC(C)(C)C1=Cc2c(-c3cccc4ccccc34)ccc(-c3cccc4ccccc34)c2[CH]1[Zr]([CH3])([CH3])(=[SiH2])[CH]1C(C(C)(C)C)=Cc2c(-c3cccc4ccccc34)ccc(-c3cccc4ccccc34)c21.Cl.Cl. The third-order valence-electron chi connectivity index (χ3n) is 16.3. The molecule has 0 amide bonds. The van der Waals surface area contributed by atoms with Crippen molar-refractivity contribution in [1.29, 1.82) is 0 Å². The number of rotatable bonds is 6. The molecule has 0 spiro atoms. The number of hydrogen-bond donors (Lipinski definition) is 0. The quantitative estimate of drug-likeness (QED) is 0.146. The van der Waals surface area contributed by atoms with E-state index >= 15 is 0 Å². The van der Waals surface area contributed by atoms with Crippen LogP contribution in [0.2, 0.25) is 9.26 Å². The third-order valence-corrected chi connectivity index (χ3v) is 33.4. The molecule has 12 rings (SSSR count). The molecule has 72 heavy (non-hydrogen) atoms. The van der Waals surface area contributed by atoms with Gasteiger partial charge < -0.3 is 0 Å². The van der Waals surface area contributed by atoms with Gasteiger partial charge in [-0.05, 0) is 0 Å². The van der Waals surface area contributed by atoms with Crippen molar-refractivity contribution in [3.63, 3.8) is 0 Å². The van der Waals surface area contributed by atoms with Gasteiger partial charge in [-0.25, -0.2) is 0 Å². The second-order valence-electron chi connectivity index (χ2n) is 23.6. The Morgan fingerprint density at radius 2 is 0.569 bits per heavy atom. The molecule has 0 fully saturated rings. The van der Waals surface area contributed by atoms with Crippen LogP contribution in [0.4, 0.5) is 0 Å². The summed E-state index contributed by atoms with van der Waals surface area (Å²) in [6.07, 6.45) is 5.41. The second-order valence-corrected chi connectivity index (χ2v) is 54.1. The van der Waals surface area contributed by atoms with Crippen LogP contribution in [-0.4, -0.2) is 6.88 Å². The van der Waals surface area contributed by atoms with E-state index in [1.807, 2.05) is 0 Å². The van der Waals surface area contributed by atoms with Gasteiger partial charge in [-0.15, -0.1) is 24.8 Å². The summed E-state index contributed by atoms with van der Waals surface area (Å²) in [5, 5.41) is 10.4. The number of halogens is 2. The monoisotopic (exact) mass is 1070 g/mol. The molecule has 0 aromatic heterocycles.